The number of carboxylic acids is 1. The molecule has 0 aliphatic carbocycles. The van der Waals surface area contributed by atoms with Gasteiger partial charge in [-0.3, -0.25) is 9.00 Å². The van der Waals surface area contributed by atoms with Crippen molar-refractivity contribution in [1.82, 2.24) is 5.32 Å². The molecule has 2 atom stereocenters. The van der Waals surface area contributed by atoms with Crippen LogP contribution in [0.5, 0.6) is 0 Å². The highest BCUT2D eigenvalue weighted by Gasteiger charge is 2.16. The van der Waals surface area contributed by atoms with Gasteiger partial charge in [0.15, 0.2) is 0 Å². The van der Waals surface area contributed by atoms with E-state index < -0.39 is 22.8 Å². The Morgan fingerprint density at radius 3 is 2.64 bits per heavy atom. The molecule has 2 unspecified atom stereocenters. The first-order valence-corrected chi connectivity index (χ1v) is 4.53. The van der Waals surface area contributed by atoms with Crippen molar-refractivity contribution >= 4 is 23.2 Å². The molecule has 1 amide bonds. The van der Waals surface area contributed by atoms with E-state index in [-0.39, 0.29) is 12.2 Å². The van der Waals surface area contributed by atoms with Gasteiger partial charge in [0.05, 0.1) is 5.75 Å². The molecule has 0 saturated carbocycles. The molecule has 0 aliphatic rings. The second-order valence-corrected chi connectivity index (χ2v) is 3.39. The van der Waals surface area contributed by atoms with E-state index in [1.54, 1.807) is 0 Å². The Bertz CT molecular complexity index is 181. The molecule has 64 valence electrons. The van der Waals surface area contributed by atoms with Gasteiger partial charge in [0.25, 0.3) is 0 Å². The molecule has 0 aliphatic heterocycles. The predicted molar refractivity (Wildman–Crippen MR) is 39.6 cm³/mol. The highest BCUT2D eigenvalue weighted by atomic mass is 32.2. The van der Waals surface area contributed by atoms with Crippen molar-refractivity contribution < 1.29 is 18.9 Å². The maximum atomic E-state index is 10.5. The number of carbonyl (C=O) groups is 2. The zero-order valence-corrected chi connectivity index (χ0v) is 6.76. The van der Waals surface area contributed by atoms with Crippen LogP contribution in [0.1, 0.15) is 0 Å². The highest BCUT2D eigenvalue weighted by Crippen LogP contribution is 1.85. The van der Waals surface area contributed by atoms with Gasteiger partial charge in [0, 0.05) is 17.1 Å². The molecule has 6 heteroatoms. The molecule has 0 fully saturated rings. The average molecular weight is 179 g/mol. The van der Waals surface area contributed by atoms with E-state index in [2.05, 4.69) is 0 Å². The molecule has 0 rings (SSSR count). The smallest absolute Gasteiger partial charge is 0.327 e. The van der Waals surface area contributed by atoms with Gasteiger partial charge in [-0.2, -0.15) is 0 Å². The molecule has 0 radical (unpaired) electrons. The normalized spacial score (nSPS) is 15.0. The van der Waals surface area contributed by atoms with Crippen molar-refractivity contribution in [3.05, 3.63) is 0 Å². The quantitative estimate of drug-likeness (QED) is 0.506. The number of hydrogen-bond donors (Lipinski definition) is 2. The standard InChI is InChI=1S/C5H9NO4S/c1-11(10)2-4(5(8)9)6-3-7/h3-4H,2H2,1H3,(H,6,7)(H,8,9). The number of amides is 1. The minimum absolute atomic E-state index is 0.0614. The van der Waals surface area contributed by atoms with E-state index >= 15 is 0 Å². The fourth-order valence-electron chi connectivity index (χ4n) is 0.508. The lowest BCUT2D eigenvalue weighted by atomic mass is 10.3. The Morgan fingerprint density at radius 2 is 2.36 bits per heavy atom. The van der Waals surface area contributed by atoms with Crippen molar-refractivity contribution in [1.29, 1.82) is 0 Å². The molecule has 0 bridgehead atoms. The van der Waals surface area contributed by atoms with Crippen LogP contribution in [0, 0.1) is 0 Å². The molecular formula is C5H9NO4S. The molecule has 0 aromatic rings. The fourth-order valence-corrected chi connectivity index (χ4v) is 1.22. The van der Waals surface area contributed by atoms with E-state index in [1.807, 2.05) is 5.32 Å². The van der Waals surface area contributed by atoms with E-state index in [0.717, 1.165) is 0 Å². The molecule has 0 aromatic carbocycles. The summed E-state index contributed by atoms with van der Waals surface area (Å²) >= 11 is 0. The lowest BCUT2D eigenvalue weighted by molar-refractivity contribution is -0.139. The second-order valence-electron chi connectivity index (χ2n) is 1.92. The summed E-state index contributed by atoms with van der Waals surface area (Å²) in [5.41, 5.74) is 0. The number of aliphatic carboxylic acids is 1. The summed E-state index contributed by atoms with van der Waals surface area (Å²) in [6, 6.07) is -1.04. The van der Waals surface area contributed by atoms with Crippen molar-refractivity contribution in [2.24, 2.45) is 0 Å². The number of hydrogen-bond acceptors (Lipinski definition) is 3. The first-order valence-electron chi connectivity index (χ1n) is 2.80. The third-order valence-corrected chi connectivity index (χ3v) is 1.77. The maximum absolute atomic E-state index is 10.5. The fraction of sp³-hybridized carbons (Fsp3) is 0.600. The Labute approximate surface area is 66.2 Å². The van der Waals surface area contributed by atoms with E-state index in [0.29, 0.717) is 0 Å². The van der Waals surface area contributed by atoms with Crippen LogP contribution in [0.25, 0.3) is 0 Å². The van der Waals surface area contributed by atoms with Gasteiger partial charge < -0.3 is 10.4 Å². The summed E-state index contributed by atoms with van der Waals surface area (Å²) in [5, 5.41) is 10.4. The zero-order chi connectivity index (χ0) is 8.85. The largest absolute Gasteiger partial charge is 0.480 e. The average Bonchev–Trinajstić information content (AvgIpc) is 1.86. The first-order chi connectivity index (χ1) is 5.07. The molecular weight excluding hydrogens is 170 g/mol. The lowest BCUT2D eigenvalue weighted by Gasteiger charge is -2.07. The second kappa shape index (κ2) is 4.84. The van der Waals surface area contributed by atoms with Gasteiger partial charge in [0.2, 0.25) is 6.41 Å². The Morgan fingerprint density at radius 1 is 1.82 bits per heavy atom. The minimum atomic E-state index is -1.22. The third-order valence-electron chi connectivity index (χ3n) is 0.969. The SMILES string of the molecule is CS(=O)CC(NC=O)C(=O)O. The monoisotopic (exact) mass is 179 g/mol. The molecule has 0 spiro atoms. The van der Waals surface area contributed by atoms with Gasteiger partial charge >= 0.3 is 5.97 Å². The van der Waals surface area contributed by atoms with Crippen LogP contribution in [0.4, 0.5) is 0 Å². The Balaban J connectivity index is 3.99. The number of carboxylic acid groups (broad SMARTS) is 1. The Kier molecular flexibility index (Phi) is 4.44. The van der Waals surface area contributed by atoms with Gasteiger partial charge in [0.1, 0.15) is 6.04 Å². The van der Waals surface area contributed by atoms with Crippen LogP contribution >= 0.6 is 0 Å². The summed E-state index contributed by atoms with van der Waals surface area (Å²) in [7, 11) is -1.22. The van der Waals surface area contributed by atoms with Gasteiger partial charge in [-0.15, -0.1) is 0 Å². The number of nitrogens with one attached hydrogen (secondary N) is 1. The molecule has 5 nitrogen and oxygen atoms in total. The van der Waals surface area contributed by atoms with Crippen LogP contribution in [0.2, 0.25) is 0 Å². The van der Waals surface area contributed by atoms with Crippen LogP contribution < -0.4 is 5.32 Å². The topological polar surface area (TPSA) is 83.5 Å². The first kappa shape index (κ1) is 10.1. The van der Waals surface area contributed by atoms with E-state index in [9.17, 15) is 13.8 Å². The number of carbonyl (C=O) groups excluding carboxylic acids is 1. The minimum Gasteiger partial charge on any atom is -0.480 e. The summed E-state index contributed by atoms with van der Waals surface area (Å²) in [4.78, 5) is 20.1. The molecule has 2 N–H and O–H groups in total. The molecule has 0 saturated heterocycles. The van der Waals surface area contributed by atoms with Gasteiger partial charge in [-0.25, -0.2) is 4.79 Å². The molecule has 0 aromatic heterocycles. The summed E-state index contributed by atoms with van der Waals surface area (Å²) in [6.07, 6.45) is 1.66. The Hall–Kier alpha value is -0.910. The van der Waals surface area contributed by atoms with Gasteiger partial charge in [-0.1, -0.05) is 0 Å². The molecule has 11 heavy (non-hydrogen) atoms. The lowest BCUT2D eigenvalue weighted by Crippen LogP contribution is -2.39. The summed E-state index contributed by atoms with van der Waals surface area (Å²) in [5.74, 6) is -1.24. The summed E-state index contributed by atoms with van der Waals surface area (Å²) in [6.45, 7) is 0. The van der Waals surface area contributed by atoms with Gasteiger partial charge in [-0.05, 0) is 0 Å². The third kappa shape index (κ3) is 4.49. The maximum Gasteiger partial charge on any atom is 0.327 e. The van der Waals surface area contributed by atoms with E-state index in [1.165, 1.54) is 6.26 Å². The van der Waals surface area contributed by atoms with Crippen LogP contribution in [0.15, 0.2) is 0 Å². The number of rotatable bonds is 5. The van der Waals surface area contributed by atoms with Crippen molar-refractivity contribution in [2.45, 2.75) is 6.04 Å². The zero-order valence-electron chi connectivity index (χ0n) is 5.94. The van der Waals surface area contributed by atoms with E-state index in [4.69, 9.17) is 5.11 Å². The van der Waals surface area contributed by atoms with Crippen LogP contribution in [0.3, 0.4) is 0 Å². The van der Waals surface area contributed by atoms with Crippen molar-refractivity contribution in [3.63, 3.8) is 0 Å². The van der Waals surface area contributed by atoms with Crippen LogP contribution in [-0.4, -0.2) is 39.7 Å². The van der Waals surface area contributed by atoms with Crippen molar-refractivity contribution in [2.75, 3.05) is 12.0 Å². The highest BCUT2D eigenvalue weighted by molar-refractivity contribution is 7.84. The van der Waals surface area contributed by atoms with Crippen molar-refractivity contribution in [3.8, 4) is 0 Å². The van der Waals surface area contributed by atoms with Crippen LogP contribution in [-0.2, 0) is 20.4 Å². The molecule has 0 heterocycles. The predicted octanol–water partition coefficient (Wildman–Crippen LogP) is -1.44. The summed E-state index contributed by atoms with van der Waals surface area (Å²) < 4.78 is 10.5.